The SMILES string of the molecule is CN=C(NCCOc1cccnc1)NC1CC(C)N(Cc2ccccc2)C1.I. The van der Waals surface area contributed by atoms with Crippen LogP contribution in [0.1, 0.15) is 18.9 Å². The van der Waals surface area contributed by atoms with Crippen molar-refractivity contribution in [3.63, 3.8) is 0 Å². The van der Waals surface area contributed by atoms with E-state index in [1.165, 1.54) is 5.56 Å². The van der Waals surface area contributed by atoms with Gasteiger partial charge in [0.1, 0.15) is 12.4 Å². The Bertz CT molecular complexity index is 713. The number of pyridine rings is 1. The number of nitrogens with one attached hydrogen (secondary N) is 2. The van der Waals surface area contributed by atoms with Crippen LogP contribution in [-0.4, -0.2) is 54.7 Å². The lowest BCUT2D eigenvalue weighted by Gasteiger charge is -2.21. The van der Waals surface area contributed by atoms with Gasteiger partial charge in [-0.05, 0) is 31.0 Å². The Labute approximate surface area is 184 Å². The lowest BCUT2D eigenvalue weighted by Crippen LogP contribution is -2.45. The van der Waals surface area contributed by atoms with Gasteiger partial charge in [-0.25, -0.2) is 0 Å². The molecule has 0 aliphatic carbocycles. The Morgan fingerprint density at radius 2 is 2.07 bits per heavy atom. The van der Waals surface area contributed by atoms with Crippen molar-refractivity contribution in [1.29, 1.82) is 0 Å². The van der Waals surface area contributed by atoms with Crippen molar-refractivity contribution < 1.29 is 4.74 Å². The number of ether oxygens (including phenoxy) is 1. The molecule has 2 unspecified atom stereocenters. The highest BCUT2D eigenvalue weighted by Gasteiger charge is 2.29. The van der Waals surface area contributed by atoms with E-state index < -0.39 is 0 Å². The molecule has 1 fully saturated rings. The molecule has 1 saturated heterocycles. The van der Waals surface area contributed by atoms with Gasteiger partial charge in [0.25, 0.3) is 0 Å². The molecule has 0 radical (unpaired) electrons. The molecule has 2 heterocycles. The van der Waals surface area contributed by atoms with Crippen LogP contribution < -0.4 is 15.4 Å². The molecular formula is C21H30IN5O. The first-order chi connectivity index (χ1) is 13.2. The Morgan fingerprint density at radius 1 is 1.25 bits per heavy atom. The second kappa shape index (κ2) is 11.9. The molecule has 1 aliphatic heterocycles. The number of hydrogen-bond acceptors (Lipinski definition) is 4. The maximum absolute atomic E-state index is 5.66. The summed E-state index contributed by atoms with van der Waals surface area (Å²) < 4.78 is 5.66. The molecule has 152 valence electrons. The third-order valence-corrected chi connectivity index (χ3v) is 4.79. The van der Waals surface area contributed by atoms with Crippen LogP contribution in [0, 0.1) is 0 Å². The number of hydrogen-bond donors (Lipinski definition) is 2. The highest BCUT2D eigenvalue weighted by molar-refractivity contribution is 14.0. The van der Waals surface area contributed by atoms with Crippen LogP contribution in [0.25, 0.3) is 0 Å². The van der Waals surface area contributed by atoms with E-state index in [9.17, 15) is 0 Å². The molecule has 0 bridgehead atoms. The maximum atomic E-state index is 5.66. The molecule has 0 amide bonds. The van der Waals surface area contributed by atoms with Crippen LogP contribution in [0.4, 0.5) is 0 Å². The van der Waals surface area contributed by atoms with Crippen molar-refractivity contribution >= 4 is 29.9 Å². The second-order valence-corrected chi connectivity index (χ2v) is 6.88. The number of rotatable bonds is 7. The molecule has 7 heteroatoms. The fraction of sp³-hybridized carbons (Fsp3) is 0.429. The van der Waals surface area contributed by atoms with E-state index in [2.05, 4.69) is 62.8 Å². The van der Waals surface area contributed by atoms with Gasteiger partial charge >= 0.3 is 0 Å². The topological polar surface area (TPSA) is 61.8 Å². The van der Waals surface area contributed by atoms with Gasteiger partial charge in [-0.2, -0.15) is 0 Å². The molecular weight excluding hydrogens is 465 g/mol. The summed E-state index contributed by atoms with van der Waals surface area (Å²) in [6, 6.07) is 15.4. The minimum Gasteiger partial charge on any atom is -0.490 e. The number of aliphatic imine (C=N–C) groups is 1. The Morgan fingerprint density at radius 3 is 2.79 bits per heavy atom. The van der Waals surface area contributed by atoms with Crippen molar-refractivity contribution in [2.45, 2.75) is 32.0 Å². The number of likely N-dealkylation sites (tertiary alicyclic amines) is 1. The van der Waals surface area contributed by atoms with Crippen molar-refractivity contribution in [2.75, 3.05) is 26.7 Å². The van der Waals surface area contributed by atoms with E-state index in [0.29, 0.717) is 25.2 Å². The lowest BCUT2D eigenvalue weighted by molar-refractivity contribution is 0.258. The fourth-order valence-electron chi connectivity index (χ4n) is 3.40. The number of halogens is 1. The van der Waals surface area contributed by atoms with E-state index in [4.69, 9.17) is 4.74 Å². The third-order valence-electron chi connectivity index (χ3n) is 4.79. The van der Waals surface area contributed by atoms with Crippen molar-refractivity contribution in [1.82, 2.24) is 20.5 Å². The number of benzene rings is 1. The smallest absolute Gasteiger partial charge is 0.191 e. The van der Waals surface area contributed by atoms with Gasteiger partial charge in [0.05, 0.1) is 12.7 Å². The quantitative estimate of drug-likeness (QED) is 0.268. The van der Waals surface area contributed by atoms with E-state index >= 15 is 0 Å². The Balaban J connectivity index is 0.00000280. The van der Waals surface area contributed by atoms with Gasteiger partial charge in [0.15, 0.2) is 5.96 Å². The largest absolute Gasteiger partial charge is 0.490 e. The Hall–Kier alpha value is -1.87. The molecule has 3 rings (SSSR count). The first-order valence-corrected chi connectivity index (χ1v) is 9.52. The van der Waals surface area contributed by atoms with Gasteiger partial charge in [-0.15, -0.1) is 24.0 Å². The highest BCUT2D eigenvalue weighted by Crippen LogP contribution is 2.20. The average molecular weight is 495 g/mol. The summed E-state index contributed by atoms with van der Waals surface area (Å²) in [7, 11) is 1.80. The zero-order chi connectivity index (χ0) is 18.9. The third kappa shape index (κ3) is 6.94. The Kier molecular flexibility index (Phi) is 9.49. The second-order valence-electron chi connectivity index (χ2n) is 6.88. The van der Waals surface area contributed by atoms with E-state index in [1.54, 1.807) is 19.4 Å². The minimum absolute atomic E-state index is 0. The van der Waals surface area contributed by atoms with Gasteiger partial charge in [-0.1, -0.05) is 30.3 Å². The zero-order valence-corrected chi connectivity index (χ0v) is 18.9. The predicted molar refractivity (Wildman–Crippen MR) is 124 cm³/mol. The normalized spacial score (nSPS) is 19.7. The first-order valence-electron chi connectivity index (χ1n) is 9.52. The number of aromatic nitrogens is 1. The molecule has 2 atom stereocenters. The summed E-state index contributed by atoms with van der Waals surface area (Å²) in [4.78, 5) is 10.9. The average Bonchev–Trinajstić information content (AvgIpc) is 3.04. The molecule has 2 aromatic rings. The zero-order valence-electron chi connectivity index (χ0n) is 16.5. The van der Waals surface area contributed by atoms with Crippen molar-refractivity contribution in [2.24, 2.45) is 4.99 Å². The molecule has 6 nitrogen and oxygen atoms in total. The summed E-state index contributed by atoms with van der Waals surface area (Å²) in [6.45, 7) is 5.55. The number of guanidine groups is 1. The summed E-state index contributed by atoms with van der Waals surface area (Å²) in [5.41, 5.74) is 1.36. The summed E-state index contributed by atoms with van der Waals surface area (Å²) in [5.74, 6) is 1.60. The molecule has 2 N–H and O–H groups in total. The van der Waals surface area contributed by atoms with E-state index in [0.717, 1.165) is 31.2 Å². The van der Waals surface area contributed by atoms with Crippen LogP contribution in [0.3, 0.4) is 0 Å². The van der Waals surface area contributed by atoms with Crippen LogP contribution in [0.5, 0.6) is 5.75 Å². The molecule has 0 spiro atoms. The summed E-state index contributed by atoms with van der Waals surface area (Å²) in [5, 5.41) is 6.86. The summed E-state index contributed by atoms with van der Waals surface area (Å²) in [6.07, 6.45) is 4.56. The van der Waals surface area contributed by atoms with Crippen molar-refractivity contribution in [3.8, 4) is 5.75 Å². The standard InChI is InChI=1S/C21H29N5O.HI/c1-17-13-19(16-26(17)15-18-7-4-3-5-8-18)25-21(22-2)24-11-12-27-20-9-6-10-23-14-20;/h3-10,14,17,19H,11-13,15-16H2,1-2H3,(H2,22,24,25);1H. The molecule has 1 aromatic carbocycles. The monoisotopic (exact) mass is 495 g/mol. The lowest BCUT2D eigenvalue weighted by atomic mass is 10.2. The molecule has 0 saturated carbocycles. The van der Waals surface area contributed by atoms with E-state index in [1.807, 2.05) is 12.1 Å². The van der Waals surface area contributed by atoms with Gasteiger partial charge < -0.3 is 15.4 Å². The summed E-state index contributed by atoms with van der Waals surface area (Å²) >= 11 is 0. The van der Waals surface area contributed by atoms with E-state index in [-0.39, 0.29) is 24.0 Å². The van der Waals surface area contributed by atoms with Crippen LogP contribution in [0.2, 0.25) is 0 Å². The van der Waals surface area contributed by atoms with Crippen LogP contribution >= 0.6 is 24.0 Å². The molecule has 28 heavy (non-hydrogen) atoms. The fourth-order valence-corrected chi connectivity index (χ4v) is 3.40. The van der Waals surface area contributed by atoms with Crippen molar-refractivity contribution in [3.05, 3.63) is 60.4 Å². The first kappa shape index (κ1) is 22.4. The van der Waals surface area contributed by atoms with Gasteiger partial charge in [0, 0.05) is 38.4 Å². The van der Waals surface area contributed by atoms with Gasteiger partial charge in [-0.3, -0.25) is 14.9 Å². The molecule has 1 aromatic heterocycles. The highest BCUT2D eigenvalue weighted by atomic mass is 127. The minimum atomic E-state index is 0. The number of nitrogens with zero attached hydrogens (tertiary/aromatic N) is 3. The predicted octanol–water partition coefficient (Wildman–Crippen LogP) is 2.91. The molecule has 1 aliphatic rings. The van der Waals surface area contributed by atoms with Gasteiger partial charge in [0.2, 0.25) is 0 Å². The maximum Gasteiger partial charge on any atom is 0.191 e. The van der Waals surface area contributed by atoms with Crippen LogP contribution in [-0.2, 0) is 6.54 Å². The van der Waals surface area contributed by atoms with Crippen LogP contribution in [0.15, 0.2) is 59.9 Å².